The number of nitrogens with one attached hydrogen (secondary N) is 5. The number of primary amides is 1. The van der Waals surface area contributed by atoms with Gasteiger partial charge in [-0.2, -0.15) is 0 Å². The number of amides is 8. The van der Waals surface area contributed by atoms with E-state index >= 15 is 0 Å². The van der Waals surface area contributed by atoms with Crippen LogP contribution in [0.3, 0.4) is 0 Å². The first-order valence-electron chi connectivity index (χ1n) is 23.1. The standard InChI is InChI=1S/C47H72N8O11/c1-11-26(6)37-47(65)66-29(9)38(53-41(59)32(20-21-36(48)57)49-40(58)28(8)13-3)44(62)51-34(23-25(4)5)42(60)50-33-15-14-22-55(45(33)63)39(27(7)12-2)46(64)54(10)35(43(61)52-37)24-30-16-18-31(56)19-17-30/h14,16-19,22,25-29,32-35,37-39,56H,11-13,15,20-21,23-24H2,1-10H3,(H2,48,57)(H,49,58)(H,50,60)(H,51,62)(H,52,61)(H,53,59)/t26?,27?,28?,29?,32-,33-,34-,35-,37-,38-,39-/m0/s1. The minimum absolute atomic E-state index is 0.0218. The molecule has 366 valence electrons. The number of fused-ring (bicyclic) bond motifs is 2. The fourth-order valence-electron chi connectivity index (χ4n) is 7.68. The van der Waals surface area contributed by atoms with Crippen molar-refractivity contribution in [1.29, 1.82) is 0 Å². The fraction of sp³-hybridized carbons (Fsp3) is 0.638. The maximum atomic E-state index is 14.8. The summed E-state index contributed by atoms with van der Waals surface area (Å²) in [6.45, 7) is 15.5. The second-order valence-corrected chi connectivity index (χ2v) is 18.2. The van der Waals surface area contributed by atoms with Crippen LogP contribution < -0.4 is 32.3 Å². The molecule has 1 aromatic rings. The lowest BCUT2D eigenvalue weighted by molar-refractivity contribution is -0.158. The smallest absolute Gasteiger partial charge is 0.329 e. The molecule has 4 unspecified atom stereocenters. The monoisotopic (exact) mass is 925 g/mol. The lowest BCUT2D eigenvalue weighted by atomic mass is 9.93. The molecule has 0 spiro atoms. The molecule has 11 atom stereocenters. The van der Waals surface area contributed by atoms with Crippen LogP contribution in [-0.4, -0.2) is 124 Å². The van der Waals surface area contributed by atoms with Gasteiger partial charge in [0.05, 0.1) is 0 Å². The highest BCUT2D eigenvalue weighted by Gasteiger charge is 2.44. The van der Waals surface area contributed by atoms with Gasteiger partial charge in [0, 0.05) is 32.0 Å². The van der Waals surface area contributed by atoms with Crippen molar-refractivity contribution >= 4 is 53.2 Å². The van der Waals surface area contributed by atoms with E-state index in [0.717, 1.165) is 0 Å². The number of benzene rings is 1. The molecule has 1 fully saturated rings. The van der Waals surface area contributed by atoms with Gasteiger partial charge >= 0.3 is 5.97 Å². The Bertz CT molecular complexity index is 1940. The molecule has 2 bridgehead atoms. The number of carbonyl (C=O) groups is 9. The van der Waals surface area contributed by atoms with Crippen molar-refractivity contribution in [2.45, 2.75) is 162 Å². The van der Waals surface area contributed by atoms with E-state index in [1.807, 2.05) is 20.8 Å². The average molecular weight is 925 g/mol. The van der Waals surface area contributed by atoms with Gasteiger partial charge in [0.1, 0.15) is 54.1 Å². The van der Waals surface area contributed by atoms with Crippen molar-refractivity contribution in [3.63, 3.8) is 0 Å². The van der Waals surface area contributed by atoms with Gasteiger partial charge in [-0.15, -0.1) is 0 Å². The number of carbonyl (C=O) groups excluding carboxylic acids is 9. The van der Waals surface area contributed by atoms with Gasteiger partial charge in [0.15, 0.2) is 0 Å². The van der Waals surface area contributed by atoms with Crippen LogP contribution in [0.25, 0.3) is 0 Å². The van der Waals surface area contributed by atoms with Crippen LogP contribution in [0, 0.1) is 23.7 Å². The van der Waals surface area contributed by atoms with Crippen LogP contribution in [0.4, 0.5) is 0 Å². The summed E-state index contributed by atoms with van der Waals surface area (Å²) in [5.74, 6) is -8.49. The van der Waals surface area contributed by atoms with Crippen molar-refractivity contribution in [1.82, 2.24) is 36.4 Å². The number of ether oxygens (including phenoxy) is 1. The third-order valence-corrected chi connectivity index (χ3v) is 12.6. The van der Waals surface area contributed by atoms with E-state index in [4.69, 9.17) is 10.5 Å². The van der Waals surface area contributed by atoms with Gasteiger partial charge in [0.25, 0.3) is 0 Å². The Hall–Kier alpha value is -6.01. The average Bonchev–Trinajstić information content (AvgIpc) is 3.27. The van der Waals surface area contributed by atoms with Gasteiger partial charge in [-0.1, -0.05) is 86.4 Å². The van der Waals surface area contributed by atoms with Crippen molar-refractivity contribution in [3.8, 4) is 5.75 Å². The van der Waals surface area contributed by atoms with Crippen LogP contribution in [0.2, 0.25) is 0 Å². The Balaban J connectivity index is 2.25. The lowest BCUT2D eigenvalue weighted by Crippen LogP contribution is -2.62. The molecule has 8 amide bonds. The van der Waals surface area contributed by atoms with E-state index in [9.17, 15) is 48.3 Å². The second-order valence-electron chi connectivity index (χ2n) is 18.2. The Kier molecular flexibility index (Phi) is 20.6. The molecule has 0 aliphatic carbocycles. The molecule has 2 aliphatic heterocycles. The number of hydrogen-bond acceptors (Lipinski definition) is 11. The Morgan fingerprint density at radius 3 is 2.06 bits per heavy atom. The molecule has 0 aromatic heterocycles. The fourth-order valence-corrected chi connectivity index (χ4v) is 7.68. The van der Waals surface area contributed by atoms with Crippen LogP contribution in [0.5, 0.6) is 5.75 Å². The number of phenols is 1. The molecule has 19 nitrogen and oxygen atoms in total. The number of nitrogens with two attached hydrogens (primary N) is 1. The zero-order valence-electron chi connectivity index (χ0n) is 40.1. The van der Waals surface area contributed by atoms with E-state index in [0.29, 0.717) is 24.8 Å². The van der Waals surface area contributed by atoms with Gasteiger partial charge in [-0.3, -0.25) is 38.4 Å². The summed E-state index contributed by atoms with van der Waals surface area (Å²) in [5.41, 5.74) is 5.97. The highest BCUT2D eigenvalue weighted by atomic mass is 16.5. The summed E-state index contributed by atoms with van der Waals surface area (Å²) >= 11 is 0. The number of likely N-dealkylation sites (N-methyl/N-ethyl adjacent to an activating group) is 1. The molecule has 2 heterocycles. The number of esters is 1. The molecule has 3 rings (SSSR count). The van der Waals surface area contributed by atoms with Crippen molar-refractivity contribution < 1.29 is 53.0 Å². The first-order chi connectivity index (χ1) is 31.0. The van der Waals surface area contributed by atoms with Gasteiger partial charge in [-0.25, -0.2) is 4.79 Å². The summed E-state index contributed by atoms with van der Waals surface area (Å²) in [6, 6.07) is -3.22. The SMILES string of the molecule is CCC(C)C(=O)N[C@@H](CCC(N)=O)C(=O)N[C@@H]1C(=O)N[C@@H](CC(C)C)C(=O)N[C@H]2CC=CN(C2=O)[C@@H](C(C)CC)C(=O)N(C)[C@@H](Cc2ccc(O)cc2)C(=O)N[C@@H](C(C)CC)C(=O)OC1C. The van der Waals surface area contributed by atoms with Crippen molar-refractivity contribution in [2.75, 3.05) is 7.05 Å². The Labute approximate surface area is 388 Å². The van der Waals surface area contributed by atoms with E-state index in [-0.39, 0.29) is 43.8 Å². The molecule has 0 saturated carbocycles. The normalized spacial score (nSPS) is 25.5. The summed E-state index contributed by atoms with van der Waals surface area (Å²) in [5, 5.41) is 23.4. The molecular formula is C47H72N8O11. The van der Waals surface area contributed by atoms with E-state index in [2.05, 4.69) is 26.6 Å². The predicted octanol–water partition coefficient (Wildman–Crippen LogP) is 1.70. The highest BCUT2D eigenvalue weighted by molar-refractivity contribution is 5.99. The zero-order chi connectivity index (χ0) is 49.6. The van der Waals surface area contributed by atoms with Crippen molar-refractivity contribution in [3.05, 3.63) is 42.1 Å². The predicted molar refractivity (Wildman–Crippen MR) is 244 cm³/mol. The van der Waals surface area contributed by atoms with Gasteiger partial charge in [0.2, 0.25) is 47.3 Å². The topological polar surface area (TPSA) is 276 Å². The maximum absolute atomic E-state index is 14.8. The number of hydrogen-bond donors (Lipinski definition) is 7. The first kappa shape index (κ1) is 54.3. The van der Waals surface area contributed by atoms with Crippen molar-refractivity contribution in [2.24, 2.45) is 29.4 Å². The highest BCUT2D eigenvalue weighted by Crippen LogP contribution is 2.25. The van der Waals surface area contributed by atoms with E-state index < -0.39 is 119 Å². The molecule has 66 heavy (non-hydrogen) atoms. The number of rotatable bonds is 16. The number of aromatic hydroxyl groups is 1. The summed E-state index contributed by atoms with van der Waals surface area (Å²) in [4.78, 5) is 128. The molecule has 8 N–H and O–H groups in total. The van der Waals surface area contributed by atoms with E-state index in [1.165, 1.54) is 42.1 Å². The van der Waals surface area contributed by atoms with Crippen LogP contribution in [-0.2, 0) is 54.3 Å². The number of nitrogens with zero attached hydrogens (tertiary/aromatic N) is 2. The van der Waals surface area contributed by atoms with Crippen LogP contribution >= 0.6 is 0 Å². The Morgan fingerprint density at radius 1 is 0.848 bits per heavy atom. The summed E-state index contributed by atoms with van der Waals surface area (Å²) < 4.78 is 5.93. The summed E-state index contributed by atoms with van der Waals surface area (Å²) in [6.07, 6.45) is 2.43. The minimum atomic E-state index is -1.71. The minimum Gasteiger partial charge on any atom is -0.508 e. The third-order valence-electron chi connectivity index (χ3n) is 12.6. The van der Waals surface area contributed by atoms with Gasteiger partial charge in [-0.05, 0) is 68.1 Å². The molecule has 1 aromatic carbocycles. The van der Waals surface area contributed by atoms with Gasteiger partial charge < -0.3 is 52.0 Å². The maximum Gasteiger partial charge on any atom is 0.329 e. The largest absolute Gasteiger partial charge is 0.508 e. The second kappa shape index (κ2) is 25.0. The molecular weight excluding hydrogens is 853 g/mol. The zero-order valence-corrected chi connectivity index (χ0v) is 40.1. The quantitative estimate of drug-likeness (QED) is 0.117. The first-order valence-corrected chi connectivity index (χ1v) is 23.1. The van der Waals surface area contributed by atoms with Crippen LogP contribution in [0.1, 0.15) is 113 Å². The molecule has 1 saturated heterocycles. The summed E-state index contributed by atoms with van der Waals surface area (Å²) in [7, 11) is 1.43. The number of cyclic esters (lactones) is 1. The third kappa shape index (κ3) is 14.8. The number of phenolic OH excluding ortho intramolecular Hbond substituents is 1. The lowest BCUT2D eigenvalue weighted by Gasteiger charge is -2.40. The molecule has 0 radical (unpaired) electrons. The molecule has 19 heteroatoms. The molecule has 2 aliphatic rings. The van der Waals surface area contributed by atoms with Crippen LogP contribution in [0.15, 0.2) is 36.5 Å². The Morgan fingerprint density at radius 2 is 1.48 bits per heavy atom. The van der Waals surface area contributed by atoms with E-state index in [1.54, 1.807) is 52.8 Å².